The van der Waals surface area contributed by atoms with Crippen LogP contribution in [0.3, 0.4) is 0 Å². The van der Waals surface area contributed by atoms with E-state index in [-0.39, 0.29) is 31.1 Å². The molecule has 1 unspecified atom stereocenters. The van der Waals surface area contributed by atoms with Crippen LogP contribution in [0.25, 0.3) is 0 Å². The lowest BCUT2D eigenvalue weighted by molar-refractivity contribution is -0.167. The highest BCUT2D eigenvalue weighted by atomic mass is 16.6. The van der Waals surface area contributed by atoms with Crippen LogP contribution in [0.15, 0.2) is 72.9 Å². The highest BCUT2D eigenvalue weighted by molar-refractivity contribution is 5.71. The first-order valence-electron chi connectivity index (χ1n) is 25.0. The molecule has 0 aromatic heterocycles. The molecule has 0 saturated carbocycles. The summed E-state index contributed by atoms with van der Waals surface area (Å²) in [6, 6.07) is 0. The van der Waals surface area contributed by atoms with Crippen LogP contribution in [0.4, 0.5) is 0 Å². The van der Waals surface area contributed by atoms with E-state index in [4.69, 9.17) is 14.2 Å². The summed E-state index contributed by atoms with van der Waals surface area (Å²) in [7, 11) is 0. The summed E-state index contributed by atoms with van der Waals surface area (Å²) in [5.41, 5.74) is 0. The number of rotatable bonds is 44. The number of hydrogen-bond acceptors (Lipinski definition) is 6. The summed E-state index contributed by atoms with van der Waals surface area (Å²) < 4.78 is 16.7. The van der Waals surface area contributed by atoms with Crippen LogP contribution in [0.5, 0.6) is 0 Å². The molecule has 0 aliphatic rings. The minimum atomic E-state index is -0.793. The average Bonchev–Trinajstić information content (AvgIpc) is 3.24. The first-order chi connectivity index (χ1) is 29.5. The SMILES string of the molecule is CC/C=C\C/C=C\CCCCCCCC(=O)OC(COC(=O)CCCCC/C=C\C=C/CCCC)COC(=O)CCCCCCCCCCCC/C=C\C=C/CCCCC. The molecule has 0 aromatic carbocycles. The highest BCUT2D eigenvalue weighted by Crippen LogP contribution is 2.14. The second kappa shape index (κ2) is 48.5. The number of hydrogen-bond donors (Lipinski definition) is 0. The number of unbranched alkanes of at least 4 members (excludes halogenated alkanes) is 23. The zero-order valence-electron chi connectivity index (χ0n) is 39.2. The number of allylic oxidation sites excluding steroid dienone is 12. The van der Waals surface area contributed by atoms with Gasteiger partial charge in [-0.3, -0.25) is 14.4 Å². The lowest BCUT2D eigenvalue weighted by Crippen LogP contribution is -2.30. The number of carbonyl (C=O) groups is 3. The topological polar surface area (TPSA) is 78.9 Å². The Morgan fingerprint density at radius 3 is 1.17 bits per heavy atom. The summed E-state index contributed by atoms with van der Waals surface area (Å²) in [5, 5.41) is 0. The van der Waals surface area contributed by atoms with Crippen LogP contribution in [0.1, 0.15) is 233 Å². The van der Waals surface area contributed by atoms with Crippen molar-refractivity contribution in [1.82, 2.24) is 0 Å². The first kappa shape index (κ1) is 56.9. The minimum Gasteiger partial charge on any atom is -0.462 e. The maximum atomic E-state index is 12.7. The van der Waals surface area contributed by atoms with Crippen molar-refractivity contribution in [3.8, 4) is 0 Å². The van der Waals surface area contributed by atoms with Crippen molar-refractivity contribution in [2.45, 2.75) is 239 Å². The Hall–Kier alpha value is -3.15. The zero-order chi connectivity index (χ0) is 43.7. The Bertz CT molecular complexity index is 1140. The standard InChI is InChI=1S/C54H92O6/c1-4-7-10-13-16-19-22-24-25-26-27-28-29-30-33-35-38-41-44-47-53(56)59-50-51(49-58-52(55)46-43-40-37-34-31-21-18-15-12-9-6-3)60-54(57)48-45-42-39-36-32-23-20-17-14-11-8-5-2/h8,11,15-22,24,31,51H,4-7,9-10,12-14,23,25-30,32-50H2,1-3H3/b11-8-,18-15-,19-16-,20-17-,24-22-,31-21-. The monoisotopic (exact) mass is 837 g/mol. The van der Waals surface area contributed by atoms with Crippen LogP contribution >= 0.6 is 0 Å². The third-order valence-electron chi connectivity index (χ3n) is 10.5. The Kier molecular flexibility index (Phi) is 46.0. The second-order valence-electron chi connectivity index (χ2n) is 16.4. The smallest absolute Gasteiger partial charge is 0.306 e. The molecule has 0 spiro atoms. The van der Waals surface area contributed by atoms with Crippen LogP contribution in [0.2, 0.25) is 0 Å². The molecule has 344 valence electrons. The molecule has 0 heterocycles. The molecule has 0 amide bonds. The van der Waals surface area contributed by atoms with E-state index in [1.807, 2.05) is 0 Å². The molecule has 0 aliphatic heterocycles. The molecule has 0 bridgehead atoms. The predicted octanol–water partition coefficient (Wildman–Crippen LogP) is 16.3. The van der Waals surface area contributed by atoms with Gasteiger partial charge in [0.25, 0.3) is 0 Å². The Labute approximate surface area is 370 Å². The van der Waals surface area contributed by atoms with E-state index in [0.717, 1.165) is 103 Å². The van der Waals surface area contributed by atoms with E-state index in [1.165, 1.54) is 89.9 Å². The Morgan fingerprint density at radius 2 is 0.717 bits per heavy atom. The number of esters is 3. The van der Waals surface area contributed by atoms with Crippen LogP contribution < -0.4 is 0 Å². The van der Waals surface area contributed by atoms with Crippen molar-refractivity contribution in [3.63, 3.8) is 0 Å². The molecule has 0 N–H and O–H groups in total. The first-order valence-corrected chi connectivity index (χ1v) is 25.0. The zero-order valence-corrected chi connectivity index (χ0v) is 39.2. The van der Waals surface area contributed by atoms with Crippen LogP contribution in [0, 0.1) is 0 Å². The van der Waals surface area contributed by atoms with E-state index >= 15 is 0 Å². The number of ether oxygens (including phenoxy) is 3. The normalized spacial score (nSPS) is 12.7. The summed E-state index contributed by atoms with van der Waals surface area (Å²) in [4.78, 5) is 37.8. The van der Waals surface area contributed by atoms with Gasteiger partial charge in [-0.05, 0) is 89.9 Å². The van der Waals surface area contributed by atoms with Gasteiger partial charge < -0.3 is 14.2 Å². The lowest BCUT2D eigenvalue weighted by atomic mass is 10.1. The Balaban J connectivity index is 4.36. The van der Waals surface area contributed by atoms with Crippen LogP contribution in [-0.4, -0.2) is 37.2 Å². The summed E-state index contributed by atoms with van der Waals surface area (Å²) >= 11 is 0. The fourth-order valence-electron chi connectivity index (χ4n) is 6.68. The third kappa shape index (κ3) is 45.9. The quantitative estimate of drug-likeness (QED) is 0.0200. The minimum absolute atomic E-state index is 0.0920. The molecule has 0 saturated heterocycles. The fourth-order valence-corrected chi connectivity index (χ4v) is 6.68. The van der Waals surface area contributed by atoms with Crippen molar-refractivity contribution >= 4 is 17.9 Å². The molecular weight excluding hydrogens is 745 g/mol. The third-order valence-corrected chi connectivity index (χ3v) is 10.5. The van der Waals surface area contributed by atoms with E-state index in [2.05, 4.69) is 93.7 Å². The van der Waals surface area contributed by atoms with Gasteiger partial charge >= 0.3 is 17.9 Å². The van der Waals surface area contributed by atoms with Gasteiger partial charge in [0.2, 0.25) is 0 Å². The van der Waals surface area contributed by atoms with Gasteiger partial charge in [-0.1, -0.05) is 196 Å². The summed E-state index contributed by atoms with van der Waals surface area (Å²) in [6.45, 7) is 6.40. The van der Waals surface area contributed by atoms with Gasteiger partial charge in [-0.25, -0.2) is 0 Å². The van der Waals surface area contributed by atoms with Gasteiger partial charge in [0.15, 0.2) is 6.10 Å². The maximum Gasteiger partial charge on any atom is 0.306 e. The average molecular weight is 837 g/mol. The molecule has 0 fully saturated rings. The lowest BCUT2D eigenvalue weighted by Gasteiger charge is -2.18. The van der Waals surface area contributed by atoms with E-state index in [1.54, 1.807) is 0 Å². The van der Waals surface area contributed by atoms with E-state index in [0.29, 0.717) is 19.3 Å². The summed E-state index contributed by atoms with van der Waals surface area (Å²) in [5.74, 6) is -0.941. The molecule has 0 aromatic rings. The second-order valence-corrected chi connectivity index (χ2v) is 16.4. The molecule has 0 aliphatic carbocycles. The van der Waals surface area contributed by atoms with Crippen molar-refractivity contribution in [3.05, 3.63) is 72.9 Å². The molecular formula is C54H92O6. The highest BCUT2D eigenvalue weighted by Gasteiger charge is 2.19. The van der Waals surface area contributed by atoms with Gasteiger partial charge in [0.05, 0.1) is 0 Å². The summed E-state index contributed by atoms with van der Waals surface area (Å²) in [6.07, 6.45) is 60.3. The van der Waals surface area contributed by atoms with Crippen molar-refractivity contribution in [2.75, 3.05) is 13.2 Å². The van der Waals surface area contributed by atoms with Crippen LogP contribution in [-0.2, 0) is 28.6 Å². The Morgan fingerprint density at radius 1 is 0.367 bits per heavy atom. The molecule has 1 atom stereocenters. The molecule has 0 radical (unpaired) electrons. The largest absolute Gasteiger partial charge is 0.462 e. The van der Waals surface area contributed by atoms with E-state index in [9.17, 15) is 14.4 Å². The molecule has 60 heavy (non-hydrogen) atoms. The van der Waals surface area contributed by atoms with Crippen molar-refractivity contribution in [1.29, 1.82) is 0 Å². The van der Waals surface area contributed by atoms with E-state index < -0.39 is 6.10 Å². The van der Waals surface area contributed by atoms with Gasteiger partial charge in [-0.2, -0.15) is 0 Å². The van der Waals surface area contributed by atoms with Gasteiger partial charge in [-0.15, -0.1) is 0 Å². The van der Waals surface area contributed by atoms with Crippen molar-refractivity contribution in [2.24, 2.45) is 0 Å². The molecule has 6 heteroatoms. The molecule has 0 rings (SSSR count). The fraction of sp³-hybridized carbons (Fsp3) is 0.722. The van der Waals surface area contributed by atoms with Gasteiger partial charge in [0.1, 0.15) is 13.2 Å². The number of carbonyl (C=O) groups excluding carboxylic acids is 3. The van der Waals surface area contributed by atoms with Crippen molar-refractivity contribution < 1.29 is 28.6 Å². The molecule has 6 nitrogen and oxygen atoms in total. The predicted molar refractivity (Wildman–Crippen MR) is 256 cm³/mol. The van der Waals surface area contributed by atoms with Gasteiger partial charge in [0, 0.05) is 19.3 Å². The maximum absolute atomic E-state index is 12.7.